The third-order valence-electron chi connectivity index (χ3n) is 4.19. The molecule has 0 unspecified atom stereocenters. The monoisotopic (exact) mass is 392 g/mol. The normalized spacial score (nSPS) is 11.5. The van der Waals surface area contributed by atoms with Gasteiger partial charge in [-0.05, 0) is 35.2 Å². The first-order valence-electron chi connectivity index (χ1n) is 8.71. The summed E-state index contributed by atoms with van der Waals surface area (Å²) in [6.45, 7) is 2.06. The molecule has 0 aromatic heterocycles. The quantitative estimate of drug-likeness (QED) is 0.417. The van der Waals surface area contributed by atoms with Crippen molar-refractivity contribution in [3.8, 4) is 16.9 Å². The Morgan fingerprint density at radius 2 is 1.39 bits per heavy atom. The van der Waals surface area contributed by atoms with Crippen LogP contribution in [-0.4, -0.2) is 0 Å². The Bertz CT molecular complexity index is 947. The first-order valence-corrected chi connectivity index (χ1v) is 8.71. The van der Waals surface area contributed by atoms with E-state index in [9.17, 15) is 22.0 Å². The van der Waals surface area contributed by atoms with Crippen molar-refractivity contribution in [3.05, 3.63) is 89.2 Å². The van der Waals surface area contributed by atoms with E-state index in [2.05, 4.69) is 11.7 Å². The molecular weight excluding hydrogens is 375 g/mol. The maximum atomic E-state index is 14.4. The van der Waals surface area contributed by atoms with E-state index < -0.39 is 34.9 Å². The summed E-state index contributed by atoms with van der Waals surface area (Å²) in [6.07, 6.45) is -2.20. The zero-order chi connectivity index (χ0) is 20.3. The summed E-state index contributed by atoms with van der Waals surface area (Å²) < 4.78 is 73.7. The van der Waals surface area contributed by atoms with Crippen LogP contribution in [0.4, 0.5) is 22.0 Å². The highest BCUT2D eigenvalue weighted by Crippen LogP contribution is 2.35. The molecule has 0 atom stereocenters. The maximum Gasteiger partial charge on any atom is 0.429 e. The predicted octanol–water partition coefficient (Wildman–Crippen LogP) is 6.85. The molecule has 146 valence electrons. The van der Waals surface area contributed by atoms with Gasteiger partial charge in [-0.1, -0.05) is 43.7 Å². The Morgan fingerprint density at radius 1 is 0.786 bits per heavy atom. The van der Waals surface area contributed by atoms with Gasteiger partial charge in [-0.15, -0.1) is 0 Å². The van der Waals surface area contributed by atoms with Gasteiger partial charge < -0.3 is 4.74 Å². The molecule has 0 N–H and O–H groups in total. The Kier molecular flexibility index (Phi) is 5.68. The fraction of sp³-hybridized carbons (Fsp3) is 0.182. The minimum absolute atomic E-state index is 0.428. The number of halogens is 5. The summed E-state index contributed by atoms with van der Waals surface area (Å²) in [5.41, 5.74) is 1.22. The van der Waals surface area contributed by atoms with Crippen LogP contribution in [0.2, 0.25) is 0 Å². The summed E-state index contributed by atoms with van der Waals surface area (Å²) in [5.74, 6) is -4.07. The Labute approximate surface area is 159 Å². The largest absolute Gasteiger partial charge is 0.429 e. The number of hydrogen-bond acceptors (Lipinski definition) is 1. The Balaban J connectivity index is 1.86. The summed E-state index contributed by atoms with van der Waals surface area (Å²) in [5, 5.41) is 0. The van der Waals surface area contributed by atoms with Crippen LogP contribution in [0.15, 0.2) is 60.7 Å². The number of ether oxygens (including phenoxy) is 1. The number of benzene rings is 3. The molecule has 3 rings (SSSR count). The minimum atomic E-state index is -4.10. The van der Waals surface area contributed by atoms with E-state index in [1.807, 2.05) is 12.1 Å². The molecular formula is C22H17F5O. The first kappa shape index (κ1) is 19.9. The van der Waals surface area contributed by atoms with Crippen molar-refractivity contribution in [3.63, 3.8) is 0 Å². The van der Waals surface area contributed by atoms with Crippen LogP contribution in [0.5, 0.6) is 5.75 Å². The number of hydrogen-bond donors (Lipinski definition) is 0. The zero-order valence-corrected chi connectivity index (χ0v) is 15.0. The molecule has 3 aromatic rings. The third kappa shape index (κ3) is 4.50. The van der Waals surface area contributed by atoms with Crippen molar-refractivity contribution in [2.45, 2.75) is 25.9 Å². The molecule has 3 aromatic carbocycles. The summed E-state index contributed by atoms with van der Waals surface area (Å²) >= 11 is 0. The summed E-state index contributed by atoms with van der Waals surface area (Å²) in [7, 11) is 0. The van der Waals surface area contributed by atoms with Gasteiger partial charge in [0.1, 0.15) is 23.2 Å². The van der Waals surface area contributed by atoms with E-state index >= 15 is 0 Å². The molecule has 0 amide bonds. The minimum Gasteiger partial charge on any atom is -0.429 e. The van der Waals surface area contributed by atoms with Crippen molar-refractivity contribution in [1.82, 2.24) is 0 Å². The molecule has 28 heavy (non-hydrogen) atoms. The van der Waals surface area contributed by atoms with Gasteiger partial charge >= 0.3 is 6.11 Å². The fourth-order valence-corrected chi connectivity index (χ4v) is 2.87. The number of alkyl halides is 2. The zero-order valence-electron chi connectivity index (χ0n) is 15.0. The topological polar surface area (TPSA) is 9.23 Å². The summed E-state index contributed by atoms with van der Waals surface area (Å²) in [6, 6.07) is 12.3. The van der Waals surface area contributed by atoms with Gasteiger partial charge in [-0.25, -0.2) is 13.2 Å². The van der Waals surface area contributed by atoms with Crippen LogP contribution < -0.4 is 4.74 Å². The van der Waals surface area contributed by atoms with E-state index in [4.69, 9.17) is 0 Å². The second-order valence-electron chi connectivity index (χ2n) is 6.37. The van der Waals surface area contributed by atoms with E-state index in [0.29, 0.717) is 29.3 Å². The Morgan fingerprint density at radius 3 is 1.96 bits per heavy atom. The summed E-state index contributed by atoms with van der Waals surface area (Å²) in [4.78, 5) is 0. The standard InChI is InChI=1S/C22H17F5O/c1-2-3-14-4-6-15(7-5-14)16-8-9-20(21(25)10-16)22(26,27)28-19-12-17(23)11-18(24)13-19/h4-13H,2-3H2,1H3. The highest BCUT2D eigenvalue weighted by atomic mass is 19.3. The maximum absolute atomic E-state index is 14.4. The smallest absolute Gasteiger partial charge is 0.429 e. The molecule has 0 aliphatic rings. The average molecular weight is 392 g/mol. The van der Waals surface area contributed by atoms with Crippen molar-refractivity contribution in [2.75, 3.05) is 0 Å². The molecule has 0 radical (unpaired) electrons. The van der Waals surface area contributed by atoms with Gasteiger partial charge in [0.05, 0.1) is 5.56 Å². The molecule has 0 bridgehead atoms. The van der Waals surface area contributed by atoms with Crippen molar-refractivity contribution in [1.29, 1.82) is 0 Å². The van der Waals surface area contributed by atoms with Crippen LogP contribution in [0.1, 0.15) is 24.5 Å². The molecule has 0 spiro atoms. The van der Waals surface area contributed by atoms with Crippen molar-refractivity contribution in [2.24, 2.45) is 0 Å². The lowest BCUT2D eigenvalue weighted by Crippen LogP contribution is -2.23. The SMILES string of the molecule is CCCc1ccc(-c2ccc(C(F)(F)Oc3cc(F)cc(F)c3)c(F)c2)cc1. The van der Waals surface area contributed by atoms with Gasteiger partial charge in [0.2, 0.25) is 0 Å². The highest BCUT2D eigenvalue weighted by molar-refractivity contribution is 5.64. The van der Waals surface area contributed by atoms with Crippen LogP contribution >= 0.6 is 0 Å². The number of rotatable bonds is 6. The van der Waals surface area contributed by atoms with E-state index in [1.165, 1.54) is 6.07 Å². The van der Waals surface area contributed by atoms with Gasteiger partial charge in [0.25, 0.3) is 0 Å². The lowest BCUT2D eigenvalue weighted by atomic mass is 10.0. The predicted molar refractivity (Wildman–Crippen MR) is 96.7 cm³/mol. The van der Waals surface area contributed by atoms with Crippen LogP contribution in [0.3, 0.4) is 0 Å². The molecule has 1 nitrogen and oxygen atoms in total. The van der Waals surface area contributed by atoms with Gasteiger partial charge in [-0.3, -0.25) is 0 Å². The lowest BCUT2D eigenvalue weighted by Gasteiger charge is -2.19. The molecule has 0 heterocycles. The van der Waals surface area contributed by atoms with Gasteiger partial charge in [0, 0.05) is 18.2 Å². The van der Waals surface area contributed by atoms with Crippen LogP contribution in [0.25, 0.3) is 11.1 Å². The fourth-order valence-electron chi connectivity index (χ4n) is 2.87. The van der Waals surface area contributed by atoms with Crippen LogP contribution in [-0.2, 0) is 12.5 Å². The van der Waals surface area contributed by atoms with Crippen LogP contribution in [0, 0.1) is 17.5 Å². The van der Waals surface area contributed by atoms with Crippen molar-refractivity contribution >= 4 is 0 Å². The highest BCUT2D eigenvalue weighted by Gasteiger charge is 2.38. The van der Waals surface area contributed by atoms with Gasteiger partial charge in [0.15, 0.2) is 0 Å². The molecule has 0 saturated heterocycles. The van der Waals surface area contributed by atoms with Gasteiger partial charge in [-0.2, -0.15) is 8.78 Å². The lowest BCUT2D eigenvalue weighted by molar-refractivity contribution is -0.187. The van der Waals surface area contributed by atoms with E-state index in [-0.39, 0.29) is 0 Å². The molecule has 0 fully saturated rings. The third-order valence-corrected chi connectivity index (χ3v) is 4.19. The van der Waals surface area contributed by atoms with E-state index in [0.717, 1.165) is 30.5 Å². The average Bonchev–Trinajstić information content (AvgIpc) is 2.61. The second kappa shape index (κ2) is 8.00. The van der Waals surface area contributed by atoms with E-state index in [1.54, 1.807) is 12.1 Å². The molecule has 0 aliphatic heterocycles. The first-order chi connectivity index (χ1) is 13.3. The molecule has 6 heteroatoms. The molecule has 0 saturated carbocycles. The Hall–Kier alpha value is -2.89. The van der Waals surface area contributed by atoms with Crippen molar-refractivity contribution < 1.29 is 26.7 Å². The second-order valence-corrected chi connectivity index (χ2v) is 6.37. The molecule has 0 aliphatic carbocycles. The number of aryl methyl sites for hydroxylation is 1.